The number of aromatic nitrogens is 2. The maximum absolute atomic E-state index is 5.20. The molecule has 0 aliphatic rings. The summed E-state index contributed by atoms with van der Waals surface area (Å²) in [6.07, 6.45) is 6.42. The van der Waals surface area contributed by atoms with Crippen molar-refractivity contribution in [3.05, 3.63) is 160 Å². The average molecular weight is 872 g/mol. The van der Waals surface area contributed by atoms with Gasteiger partial charge in [-0.3, -0.25) is 0 Å². The van der Waals surface area contributed by atoms with E-state index >= 15 is 0 Å². The number of rotatable bonds is 9. The summed E-state index contributed by atoms with van der Waals surface area (Å²) >= 11 is 0. The second kappa shape index (κ2) is 18.8. The molecule has 1 N–H and O–H groups in total. The number of nitrogens with zero attached hydrogens (tertiary/aromatic N) is 2. The topological polar surface area (TPSA) is 33.2 Å². The summed E-state index contributed by atoms with van der Waals surface area (Å²) in [5.74, 6) is 0.871. The molecule has 5 heteroatoms. The molecule has 0 saturated carbocycles. The van der Waals surface area contributed by atoms with E-state index in [4.69, 9.17) is 5.32 Å². The van der Waals surface area contributed by atoms with Crippen LogP contribution in [0.2, 0.25) is 0 Å². The average Bonchev–Trinajstić information content (AvgIpc) is 3.43. The van der Waals surface area contributed by atoms with Crippen molar-refractivity contribution >= 4 is 22.5 Å². The van der Waals surface area contributed by atoms with Crippen molar-refractivity contribution in [3.8, 4) is 27.9 Å². The van der Waals surface area contributed by atoms with E-state index in [1.807, 2.05) is 0 Å². The van der Waals surface area contributed by atoms with Gasteiger partial charge in [-0.1, -0.05) is 106 Å². The minimum atomic E-state index is 0. The first-order valence-electron chi connectivity index (χ1n) is 14.4. The van der Waals surface area contributed by atoms with Crippen LogP contribution in [0.4, 0.5) is 11.5 Å². The molecule has 6 rings (SSSR count). The van der Waals surface area contributed by atoms with E-state index in [1.165, 1.54) is 33.4 Å². The smallest absolute Gasteiger partial charge is 1.00 e. The standard InChI is InChI=1S/C37H34N3.3CH3.Hf.HI/c1-3-12-29-18-11-19-30(13-4-2)36(29)38-35-21-20-31-22-23-40(37(31)39-35)34-25-32(27-14-7-5-8-15-27)24-33(26-34)28-16-9-6-10-17-28;;;;;/h5-11,14-26H,3-4,12-13H2,1-2H3;3*1H3;;1H/q4*-1;+4;. The van der Waals surface area contributed by atoms with Crippen LogP contribution < -0.4 is 29.0 Å². The van der Waals surface area contributed by atoms with Gasteiger partial charge in [0.2, 0.25) is 0 Å². The quantitative estimate of drug-likeness (QED) is 0.0796. The van der Waals surface area contributed by atoms with Crippen LogP contribution in [0.3, 0.4) is 0 Å². The molecule has 0 saturated heterocycles. The van der Waals surface area contributed by atoms with E-state index in [-0.39, 0.29) is 72.1 Å². The second-order valence-corrected chi connectivity index (χ2v) is 10.4. The number of nitrogens with one attached hydrogen (secondary N) is 1. The number of para-hydroxylation sites is 1. The molecular formula is C40H44HfIN3. The molecule has 4 aromatic carbocycles. The maximum atomic E-state index is 5.20. The van der Waals surface area contributed by atoms with Gasteiger partial charge in [0.05, 0.1) is 5.69 Å². The van der Waals surface area contributed by atoms with Crippen molar-refractivity contribution in [3.63, 3.8) is 0 Å². The molecule has 0 radical (unpaired) electrons. The SMILES string of the molecule is CCCc1cccc(CCC)c1[N-]c1ccc2ccn(-c3cc(-c4ccccc4)cc(-c4ccccc4)c3)c2[nH+]1.[CH3-].[CH3-].[CH3-].[Hf+4].[I-]. The van der Waals surface area contributed by atoms with Gasteiger partial charge in [-0.05, 0) is 82.6 Å². The predicted octanol–water partition coefficient (Wildman–Crippen LogP) is 8.37. The fraction of sp³-hybridized carbons (Fsp3) is 0.150. The summed E-state index contributed by atoms with van der Waals surface area (Å²) in [5, 5.41) is 6.36. The number of benzene rings is 4. The van der Waals surface area contributed by atoms with Crippen molar-refractivity contribution in [2.45, 2.75) is 39.5 Å². The Bertz CT molecular complexity index is 1660. The summed E-state index contributed by atoms with van der Waals surface area (Å²) in [5.41, 5.74) is 10.7. The number of halogens is 1. The van der Waals surface area contributed by atoms with E-state index in [2.05, 4.69) is 145 Å². The fourth-order valence-corrected chi connectivity index (χ4v) is 5.52. The van der Waals surface area contributed by atoms with Crippen LogP contribution in [0.15, 0.2) is 121 Å². The third kappa shape index (κ3) is 9.04. The summed E-state index contributed by atoms with van der Waals surface area (Å²) in [6.45, 7) is 4.46. The Morgan fingerprint density at radius 1 is 0.600 bits per heavy atom. The Labute approximate surface area is 307 Å². The van der Waals surface area contributed by atoms with Crippen molar-refractivity contribution in [2.75, 3.05) is 0 Å². The molecular weight excluding hydrogens is 828 g/mol. The van der Waals surface area contributed by atoms with E-state index < -0.39 is 0 Å². The van der Waals surface area contributed by atoms with Crippen LogP contribution in [-0.2, 0) is 38.7 Å². The van der Waals surface area contributed by atoms with Crippen LogP contribution in [0.25, 0.3) is 44.3 Å². The molecule has 3 nitrogen and oxygen atoms in total. The van der Waals surface area contributed by atoms with E-state index in [0.717, 1.165) is 53.9 Å². The summed E-state index contributed by atoms with van der Waals surface area (Å²) in [6, 6.07) is 41.1. The Balaban J connectivity index is 0.00000202. The molecule has 0 spiro atoms. The van der Waals surface area contributed by atoms with E-state index in [9.17, 15) is 0 Å². The van der Waals surface area contributed by atoms with Gasteiger partial charge >= 0.3 is 25.8 Å². The molecule has 0 fully saturated rings. The van der Waals surface area contributed by atoms with Crippen molar-refractivity contribution in [2.24, 2.45) is 0 Å². The largest absolute Gasteiger partial charge is 4.00 e. The second-order valence-electron chi connectivity index (χ2n) is 10.4. The summed E-state index contributed by atoms with van der Waals surface area (Å²) in [4.78, 5) is 3.68. The molecule has 0 atom stereocenters. The number of pyridine rings is 1. The van der Waals surface area contributed by atoms with Gasteiger partial charge in [-0.25, -0.2) is 5.32 Å². The number of aryl methyl sites for hydroxylation is 2. The zero-order chi connectivity index (χ0) is 27.3. The number of hydrogen-bond acceptors (Lipinski definition) is 0. The maximum Gasteiger partial charge on any atom is 4.00 e. The number of H-pyrrole nitrogens is 1. The van der Waals surface area contributed by atoms with Crippen LogP contribution in [0.1, 0.15) is 37.8 Å². The first-order chi connectivity index (χ1) is 19.7. The Morgan fingerprint density at radius 2 is 1.13 bits per heavy atom. The molecule has 0 amide bonds. The van der Waals surface area contributed by atoms with Gasteiger partial charge in [0.15, 0.2) is 0 Å². The van der Waals surface area contributed by atoms with Gasteiger partial charge in [-0.2, -0.15) is 0 Å². The van der Waals surface area contributed by atoms with Crippen LogP contribution in [0.5, 0.6) is 0 Å². The zero-order valence-corrected chi connectivity index (χ0v) is 32.9. The molecule has 230 valence electrons. The van der Waals surface area contributed by atoms with Crippen LogP contribution >= 0.6 is 0 Å². The van der Waals surface area contributed by atoms with Crippen molar-refractivity contribution < 1.29 is 54.8 Å². The normalized spacial score (nSPS) is 9.91. The van der Waals surface area contributed by atoms with E-state index in [1.54, 1.807) is 0 Å². The van der Waals surface area contributed by atoms with Gasteiger partial charge < -0.3 is 55.8 Å². The molecule has 0 bridgehead atoms. The van der Waals surface area contributed by atoms with Crippen LogP contribution in [-0.4, -0.2) is 4.57 Å². The molecule has 2 aromatic heterocycles. The molecule has 0 aliphatic carbocycles. The molecule has 2 heterocycles. The number of aromatic amines is 1. The monoisotopic (exact) mass is 873 g/mol. The number of hydrogen-bond donors (Lipinski definition) is 0. The number of fused-ring (bicyclic) bond motifs is 1. The zero-order valence-electron chi connectivity index (χ0n) is 27.1. The van der Waals surface area contributed by atoms with Gasteiger partial charge in [0, 0.05) is 17.3 Å². The van der Waals surface area contributed by atoms with Gasteiger partial charge in [0.25, 0.3) is 0 Å². The van der Waals surface area contributed by atoms with Crippen LogP contribution in [0, 0.1) is 22.3 Å². The Morgan fingerprint density at radius 3 is 1.64 bits per heavy atom. The first kappa shape index (κ1) is 40.0. The molecule has 0 aliphatic heterocycles. The summed E-state index contributed by atoms with van der Waals surface area (Å²) < 4.78 is 2.25. The van der Waals surface area contributed by atoms with Crippen molar-refractivity contribution in [1.29, 1.82) is 0 Å². The minimum absolute atomic E-state index is 0. The Kier molecular flexibility index (Phi) is 16.7. The van der Waals surface area contributed by atoms with Gasteiger partial charge in [-0.15, -0.1) is 0 Å². The molecule has 0 unspecified atom stereocenters. The van der Waals surface area contributed by atoms with Gasteiger partial charge in [0.1, 0.15) is 11.5 Å². The van der Waals surface area contributed by atoms with E-state index in [0.29, 0.717) is 0 Å². The predicted molar refractivity (Wildman–Crippen MR) is 187 cm³/mol. The molecule has 6 aromatic rings. The Hall–Kier alpha value is -3.03. The fourth-order valence-electron chi connectivity index (χ4n) is 5.52. The third-order valence-corrected chi connectivity index (χ3v) is 7.47. The molecule has 45 heavy (non-hydrogen) atoms. The van der Waals surface area contributed by atoms with Crippen molar-refractivity contribution in [1.82, 2.24) is 4.57 Å². The minimum Gasteiger partial charge on any atom is -1.00 e. The first-order valence-corrected chi connectivity index (χ1v) is 14.4. The third-order valence-electron chi connectivity index (χ3n) is 7.47. The summed E-state index contributed by atoms with van der Waals surface area (Å²) in [7, 11) is 0.